The molecule has 1 aliphatic rings. The van der Waals surface area contributed by atoms with Crippen LogP contribution in [0.5, 0.6) is 0 Å². The van der Waals surface area contributed by atoms with Crippen LogP contribution in [0.2, 0.25) is 0 Å². The highest BCUT2D eigenvalue weighted by Crippen LogP contribution is 2.29. The molecule has 0 amide bonds. The summed E-state index contributed by atoms with van der Waals surface area (Å²) in [7, 11) is 0. The van der Waals surface area contributed by atoms with Crippen molar-refractivity contribution >= 4 is 5.71 Å². The summed E-state index contributed by atoms with van der Waals surface area (Å²) < 4.78 is 11.5. The monoisotopic (exact) mass is 393 g/mol. The second-order valence-electron chi connectivity index (χ2n) is 7.01. The minimum atomic E-state index is -0.389. The van der Waals surface area contributed by atoms with Crippen LogP contribution in [0, 0.1) is 5.92 Å². The van der Waals surface area contributed by atoms with Crippen LogP contribution in [-0.2, 0) is 9.47 Å². The number of aliphatic imine (C=N–C) groups is 1. The van der Waals surface area contributed by atoms with Gasteiger partial charge in [-0.2, -0.15) is 0 Å². The minimum absolute atomic E-state index is 0.139. The lowest BCUT2D eigenvalue weighted by Crippen LogP contribution is -2.32. The molecule has 3 nitrogen and oxygen atoms in total. The summed E-state index contributed by atoms with van der Waals surface area (Å²) >= 11 is 0. The van der Waals surface area contributed by atoms with Gasteiger partial charge < -0.3 is 9.47 Å². The maximum Gasteiger partial charge on any atom is 0.130 e. The van der Waals surface area contributed by atoms with Gasteiger partial charge in [0.15, 0.2) is 0 Å². The summed E-state index contributed by atoms with van der Waals surface area (Å²) in [6.45, 7) is 19.2. The first kappa shape index (κ1) is 24.4. The minimum Gasteiger partial charge on any atom is -0.487 e. The van der Waals surface area contributed by atoms with Gasteiger partial charge in [-0.15, -0.1) is 13.2 Å². The molecule has 1 rings (SSSR count). The molecular weight excluding hydrogens is 358 g/mol. The maximum atomic E-state index is 5.90. The first-order chi connectivity index (χ1) is 14.0. The lowest BCUT2D eigenvalue weighted by Gasteiger charge is -2.31. The van der Waals surface area contributed by atoms with E-state index in [9.17, 15) is 0 Å². The Morgan fingerprint density at radius 3 is 2.69 bits per heavy atom. The first-order valence-electron chi connectivity index (χ1n) is 9.98. The number of ether oxygens (including phenoxy) is 2. The molecule has 1 aliphatic heterocycles. The summed E-state index contributed by atoms with van der Waals surface area (Å²) in [6.07, 6.45) is 22.4. The Labute approximate surface area is 176 Å². The van der Waals surface area contributed by atoms with Gasteiger partial charge in [0.1, 0.15) is 12.4 Å². The van der Waals surface area contributed by atoms with Crippen molar-refractivity contribution in [3.8, 4) is 0 Å². The molecule has 0 bridgehead atoms. The third-order valence-corrected chi connectivity index (χ3v) is 4.61. The van der Waals surface area contributed by atoms with E-state index in [0.717, 1.165) is 12.1 Å². The normalized spacial score (nSPS) is 22.7. The van der Waals surface area contributed by atoms with Crippen LogP contribution in [0.1, 0.15) is 27.2 Å². The summed E-state index contributed by atoms with van der Waals surface area (Å²) in [6, 6.07) is 0. The van der Waals surface area contributed by atoms with Gasteiger partial charge in [-0.05, 0) is 45.4 Å². The number of nitrogens with zero attached hydrogens (tertiary/aromatic N) is 1. The number of allylic oxidation sites excluding steroid dienone is 6. The second-order valence-corrected chi connectivity index (χ2v) is 7.01. The summed E-state index contributed by atoms with van der Waals surface area (Å²) in [5.41, 5.74) is 1.78. The van der Waals surface area contributed by atoms with E-state index < -0.39 is 0 Å². The molecule has 0 saturated carbocycles. The number of hydrogen-bond acceptors (Lipinski definition) is 3. The second kappa shape index (κ2) is 13.5. The van der Waals surface area contributed by atoms with E-state index in [4.69, 9.17) is 14.5 Å². The zero-order valence-corrected chi connectivity index (χ0v) is 18.1. The Bertz CT molecular complexity index is 734. The van der Waals surface area contributed by atoms with Crippen molar-refractivity contribution in [3.63, 3.8) is 0 Å². The molecule has 0 saturated heterocycles. The molecule has 0 aromatic heterocycles. The first-order valence-corrected chi connectivity index (χ1v) is 9.98. The fraction of sp³-hybridized carbons (Fsp3) is 0.346. The predicted octanol–water partition coefficient (Wildman–Crippen LogP) is 6.32. The fourth-order valence-electron chi connectivity index (χ4n) is 2.72. The lowest BCUT2D eigenvalue weighted by atomic mass is 9.83. The average molecular weight is 394 g/mol. The van der Waals surface area contributed by atoms with Crippen LogP contribution in [0.4, 0.5) is 0 Å². The van der Waals surface area contributed by atoms with Crippen molar-refractivity contribution in [2.24, 2.45) is 10.9 Å². The van der Waals surface area contributed by atoms with E-state index in [1.165, 1.54) is 5.57 Å². The van der Waals surface area contributed by atoms with E-state index in [1.807, 2.05) is 50.3 Å². The van der Waals surface area contributed by atoms with Gasteiger partial charge >= 0.3 is 0 Å². The fourth-order valence-corrected chi connectivity index (χ4v) is 2.72. The molecule has 0 aromatic carbocycles. The highest BCUT2D eigenvalue weighted by molar-refractivity contribution is 5.97. The van der Waals surface area contributed by atoms with Gasteiger partial charge in [-0.3, -0.25) is 4.99 Å². The molecule has 0 spiro atoms. The summed E-state index contributed by atoms with van der Waals surface area (Å²) in [4.78, 5) is 4.78. The Kier molecular flexibility index (Phi) is 11.4. The summed E-state index contributed by atoms with van der Waals surface area (Å²) in [5, 5.41) is 0. The standard InChI is InChI=1S/C26H35NO2/c1-7-11-14-22(5)18-20-28-19-12-15-25(13-8-2)29-21-24-17-16-23(9-3)26(6,10-4)27-24/h7-13,15-18,23H,2-4,14,19-21H2,1,5-6H3/b11-7-,15-12+,22-18-,25-13+/t23?,26-/m0/s1. The van der Waals surface area contributed by atoms with Crippen molar-refractivity contribution in [2.45, 2.75) is 32.7 Å². The van der Waals surface area contributed by atoms with Crippen LogP contribution in [0.15, 0.2) is 103 Å². The van der Waals surface area contributed by atoms with Crippen LogP contribution < -0.4 is 0 Å². The Morgan fingerprint density at radius 2 is 2.03 bits per heavy atom. The Balaban J connectivity index is 2.54. The average Bonchev–Trinajstić information content (AvgIpc) is 2.72. The van der Waals surface area contributed by atoms with Gasteiger partial charge in [0, 0.05) is 5.92 Å². The maximum absolute atomic E-state index is 5.90. The van der Waals surface area contributed by atoms with Gasteiger partial charge in [-0.25, -0.2) is 0 Å². The van der Waals surface area contributed by atoms with E-state index in [-0.39, 0.29) is 11.5 Å². The lowest BCUT2D eigenvalue weighted by molar-refractivity contribution is 0.192. The molecule has 2 atom stereocenters. The SMILES string of the molecule is C=C/C=C(\C=C\COC/C=C(/C)C/C=C\C)OCC1=N[C@@](C)(C=C)C(C=C)C=C1. The van der Waals surface area contributed by atoms with Crippen LogP contribution in [0.3, 0.4) is 0 Å². The van der Waals surface area contributed by atoms with E-state index >= 15 is 0 Å². The molecule has 0 radical (unpaired) electrons. The van der Waals surface area contributed by atoms with Gasteiger partial charge in [0.05, 0.1) is 24.5 Å². The zero-order valence-electron chi connectivity index (χ0n) is 18.1. The molecule has 0 N–H and O–H groups in total. The van der Waals surface area contributed by atoms with Crippen molar-refractivity contribution in [3.05, 3.63) is 97.9 Å². The Morgan fingerprint density at radius 1 is 1.24 bits per heavy atom. The van der Waals surface area contributed by atoms with Crippen molar-refractivity contribution in [2.75, 3.05) is 19.8 Å². The number of rotatable bonds is 13. The van der Waals surface area contributed by atoms with Gasteiger partial charge in [0.25, 0.3) is 0 Å². The largest absolute Gasteiger partial charge is 0.487 e. The van der Waals surface area contributed by atoms with E-state index in [1.54, 1.807) is 6.08 Å². The van der Waals surface area contributed by atoms with Gasteiger partial charge in [-0.1, -0.05) is 60.8 Å². The quantitative estimate of drug-likeness (QED) is 0.159. The predicted molar refractivity (Wildman–Crippen MR) is 126 cm³/mol. The smallest absolute Gasteiger partial charge is 0.130 e. The van der Waals surface area contributed by atoms with Crippen LogP contribution in [0.25, 0.3) is 0 Å². The number of hydrogen-bond donors (Lipinski definition) is 0. The molecule has 156 valence electrons. The molecule has 29 heavy (non-hydrogen) atoms. The molecule has 3 heteroatoms. The van der Waals surface area contributed by atoms with Crippen molar-refractivity contribution in [1.82, 2.24) is 0 Å². The molecule has 0 aliphatic carbocycles. The third kappa shape index (κ3) is 8.93. The topological polar surface area (TPSA) is 30.8 Å². The molecule has 0 aromatic rings. The highest BCUT2D eigenvalue weighted by Gasteiger charge is 2.29. The Hall–Kier alpha value is -2.65. The van der Waals surface area contributed by atoms with E-state index in [2.05, 4.69) is 51.0 Å². The molecular formula is C26H35NO2. The highest BCUT2D eigenvalue weighted by atomic mass is 16.5. The van der Waals surface area contributed by atoms with Crippen LogP contribution in [-0.4, -0.2) is 31.1 Å². The molecule has 1 heterocycles. The molecule has 0 fully saturated rings. The number of dihydropyridines is 1. The van der Waals surface area contributed by atoms with E-state index in [0.29, 0.717) is 25.6 Å². The van der Waals surface area contributed by atoms with Gasteiger partial charge in [0.2, 0.25) is 0 Å². The van der Waals surface area contributed by atoms with Crippen LogP contribution >= 0.6 is 0 Å². The zero-order chi connectivity index (χ0) is 21.5. The third-order valence-electron chi connectivity index (χ3n) is 4.61. The van der Waals surface area contributed by atoms with Crippen molar-refractivity contribution in [1.29, 1.82) is 0 Å². The summed E-state index contributed by atoms with van der Waals surface area (Å²) in [5.74, 6) is 0.852. The molecule has 1 unspecified atom stereocenters. The van der Waals surface area contributed by atoms with Crippen molar-refractivity contribution < 1.29 is 9.47 Å².